The summed E-state index contributed by atoms with van der Waals surface area (Å²) in [7, 11) is 6.88. The molecular formula is C22H45BrNNaO2. The van der Waals surface area contributed by atoms with Gasteiger partial charge in [-0.05, 0) is 18.9 Å². The van der Waals surface area contributed by atoms with Gasteiger partial charge in [-0.1, -0.05) is 90.6 Å². The average molecular weight is 459 g/mol. The topological polar surface area (TPSA) is 40.1 Å². The molecule has 0 unspecified atom stereocenters. The van der Waals surface area contributed by atoms with Gasteiger partial charge in [0.15, 0.2) is 0 Å². The van der Waals surface area contributed by atoms with Crippen LogP contribution in [0.3, 0.4) is 0 Å². The number of quaternary nitrogens is 1. The molecule has 0 atom stereocenters. The predicted octanol–water partition coefficient (Wildman–Crippen LogP) is -0.896. The molecule has 3 nitrogen and oxygen atoms in total. The SMILES string of the molecule is C=CC(=O)[O-].CCCCCCCCCCCCCCCC[N+](C)(C)C.[Br-].[Na+]. The first kappa shape index (κ1) is 35.1. The summed E-state index contributed by atoms with van der Waals surface area (Å²) in [5.74, 6) is -1.23. The number of unbranched alkanes of at least 4 members (excludes halogenated alkanes) is 13. The maximum absolute atomic E-state index is 9.14. The van der Waals surface area contributed by atoms with Gasteiger partial charge in [0.05, 0.1) is 33.7 Å². The Kier molecular flexibility index (Phi) is 34.7. The van der Waals surface area contributed by atoms with Crippen LogP contribution >= 0.6 is 0 Å². The summed E-state index contributed by atoms with van der Waals surface area (Å²) in [6.07, 6.45) is 21.1. The minimum absolute atomic E-state index is 0. The van der Waals surface area contributed by atoms with Gasteiger partial charge in [0.1, 0.15) is 0 Å². The quantitative estimate of drug-likeness (QED) is 0.130. The van der Waals surface area contributed by atoms with Crippen LogP contribution in [0.1, 0.15) is 96.8 Å². The zero-order valence-electron chi connectivity index (χ0n) is 19.0. The van der Waals surface area contributed by atoms with Gasteiger partial charge in [0, 0.05) is 0 Å². The van der Waals surface area contributed by atoms with E-state index in [0.717, 1.165) is 10.6 Å². The van der Waals surface area contributed by atoms with Crippen molar-refractivity contribution in [3.63, 3.8) is 0 Å². The first-order chi connectivity index (χ1) is 11.8. The Bertz CT molecular complexity index is 307. The second-order valence-electron chi connectivity index (χ2n) is 8.13. The predicted molar refractivity (Wildman–Crippen MR) is 108 cm³/mol. The van der Waals surface area contributed by atoms with Gasteiger partial charge in [-0.25, -0.2) is 0 Å². The van der Waals surface area contributed by atoms with Gasteiger partial charge < -0.3 is 31.4 Å². The molecule has 0 N–H and O–H groups in total. The van der Waals surface area contributed by atoms with E-state index in [0.29, 0.717) is 0 Å². The van der Waals surface area contributed by atoms with Crippen molar-refractivity contribution in [3.05, 3.63) is 12.7 Å². The number of rotatable bonds is 16. The normalized spacial score (nSPS) is 10.1. The zero-order valence-corrected chi connectivity index (χ0v) is 22.6. The number of hydrogen-bond donors (Lipinski definition) is 0. The Morgan fingerprint density at radius 1 is 0.778 bits per heavy atom. The molecule has 0 aromatic rings. The van der Waals surface area contributed by atoms with Crippen LogP contribution in [0.2, 0.25) is 0 Å². The molecule has 0 bridgehead atoms. The van der Waals surface area contributed by atoms with Crippen molar-refractivity contribution in [2.45, 2.75) is 96.8 Å². The van der Waals surface area contributed by atoms with Crippen molar-refractivity contribution in [2.75, 3.05) is 27.7 Å². The molecule has 0 saturated carbocycles. The zero-order chi connectivity index (χ0) is 19.4. The third-order valence-electron chi connectivity index (χ3n) is 4.35. The van der Waals surface area contributed by atoms with Crippen LogP contribution in [0.25, 0.3) is 0 Å². The molecule has 27 heavy (non-hydrogen) atoms. The van der Waals surface area contributed by atoms with Gasteiger partial charge in [-0.2, -0.15) is 0 Å². The van der Waals surface area contributed by atoms with Crippen molar-refractivity contribution in [1.82, 2.24) is 0 Å². The molecule has 0 radical (unpaired) electrons. The van der Waals surface area contributed by atoms with Crippen LogP contribution in [-0.2, 0) is 4.79 Å². The number of carboxylic acids is 1. The summed E-state index contributed by atoms with van der Waals surface area (Å²) in [4.78, 5) is 9.14. The van der Waals surface area contributed by atoms with Crippen LogP contribution < -0.4 is 51.6 Å². The van der Waals surface area contributed by atoms with E-state index in [9.17, 15) is 0 Å². The molecule has 5 heteroatoms. The summed E-state index contributed by atoms with van der Waals surface area (Å²) >= 11 is 0. The summed E-state index contributed by atoms with van der Waals surface area (Å²) in [6.45, 7) is 6.52. The molecule has 0 fully saturated rings. The first-order valence-corrected chi connectivity index (χ1v) is 10.5. The van der Waals surface area contributed by atoms with Crippen molar-refractivity contribution in [2.24, 2.45) is 0 Å². The minimum atomic E-state index is -1.23. The molecule has 0 aromatic carbocycles. The maximum Gasteiger partial charge on any atom is 1.00 e. The second kappa shape index (κ2) is 26.6. The van der Waals surface area contributed by atoms with E-state index in [1.54, 1.807) is 0 Å². The van der Waals surface area contributed by atoms with Crippen molar-refractivity contribution in [3.8, 4) is 0 Å². The molecule has 0 rings (SSSR count). The standard InChI is InChI=1S/C19H42N.C3H4O2.BrH.Na/c1-5-6-7-8-9-10-11-12-13-14-15-16-17-18-19-20(2,3)4;1-2-3(4)5;;/h5-19H2,1-4H3;2H,1H2,(H,4,5);1H;/q+1;;;+1/p-2. The van der Waals surface area contributed by atoms with Gasteiger partial charge in [0.25, 0.3) is 0 Å². The number of nitrogens with zero attached hydrogens (tertiary/aromatic N) is 1. The Labute approximate surface area is 203 Å². The van der Waals surface area contributed by atoms with Crippen molar-refractivity contribution >= 4 is 5.97 Å². The number of carbonyl (C=O) groups excluding carboxylic acids is 1. The Balaban J connectivity index is -0.000000333. The Morgan fingerprint density at radius 3 is 1.26 bits per heavy atom. The summed E-state index contributed by atoms with van der Waals surface area (Å²) < 4.78 is 1.12. The summed E-state index contributed by atoms with van der Waals surface area (Å²) in [6, 6.07) is 0. The molecule has 0 heterocycles. The maximum atomic E-state index is 9.14. The first-order valence-electron chi connectivity index (χ1n) is 10.5. The fourth-order valence-electron chi connectivity index (χ4n) is 2.78. The molecule has 0 aliphatic rings. The van der Waals surface area contributed by atoms with E-state index in [2.05, 4.69) is 34.6 Å². The van der Waals surface area contributed by atoms with Crippen LogP contribution in [0, 0.1) is 0 Å². The van der Waals surface area contributed by atoms with Crippen LogP contribution in [-0.4, -0.2) is 38.1 Å². The van der Waals surface area contributed by atoms with Gasteiger partial charge >= 0.3 is 29.6 Å². The number of hydrogen-bond acceptors (Lipinski definition) is 2. The molecular weight excluding hydrogens is 413 g/mol. The van der Waals surface area contributed by atoms with E-state index in [1.165, 1.54) is 96.4 Å². The monoisotopic (exact) mass is 457 g/mol. The summed E-state index contributed by atoms with van der Waals surface area (Å²) in [5.41, 5.74) is 0. The molecule has 0 aliphatic heterocycles. The molecule has 0 saturated heterocycles. The smallest absolute Gasteiger partial charge is 1.00 e. The Morgan fingerprint density at radius 2 is 1.04 bits per heavy atom. The Hall–Kier alpha value is 0.650. The largest absolute Gasteiger partial charge is 1.00 e. The fraction of sp³-hybridized carbons (Fsp3) is 0.864. The number of halogens is 1. The van der Waals surface area contributed by atoms with E-state index in [4.69, 9.17) is 9.90 Å². The van der Waals surface area contributed by atoms with Crippen LogP contribution in [0.5, 0.6) is 0 Å². The molecule has 0 aromatic heterocycles. The third kappa shape index (κ3) is 41.9. The summed E-state index contributed by atoms with van der Waals surface area (Å²) in [5, 5.41) is 9.14. The van der Waals surface area contributed by atoms with Crippen molar-refractivity contribution < 1.29 is 60.9 Å². The van der Waals surface area contributed by atoms with E-state index in [-0.39, 0.29) is 46.5 Å². The number of carboxylic acid groups (broad SMARTS) is 1. The molecule has 0 spiro atoms. The second-order valence-corrected chi connectivity index (χ2v) is 8.13. The van der Waals surface area contributed by atoms with Crippen molar-refractivity contribution in [1.29, 1.82) is 0 Å². The van der Waals surface area contributed by atoms with Crippen LogP contribution in [0.15, 0.2) is 12.7 Å². The fourth-order valence-corrected chi connectivity index (χ4v) is 2.78. The molecule has 0 amide bonds. The van der Waals surface area contributed by atoms with Gasteiger partial charge in [-0.15, -0.1) is 0 Å². The number of aliphatic carboxylic acids is 1. The van der Waals surface area contributed by atoms with E-state index in [1.807, 2.05) is 0 Å². The average Bonchev–Trinajstić information content (AvgIpc) is 2.54. The van der Waals surface area contributed by atoms with Gasteiger partial charge in [-0.3, -0.25) is 0 Å². The molecule has 158 valence electrons. The van der Waals surface area contributed by atoms with Crippen LogP contribution in [0.4, 0.5) is 0 Å². The molecule has 0 aliphatic carbocycles. The third-order valence-corrected chi connectivity index (χ3v) is 4.35. The van der Waals surface area contributed by atoms with Gasteiger partial charge in [0.2, 0.25) is 0 Å². The van der Waals surface area contributed by atoms with E-state index >= 15 is 0 Å². The van der Waals surface area contributed by atoms with E-state index < -0.39 is 5.97 Å². The number of carbonyl (C=O) groups is 1. The minimum Gasteiger partial charge on any atom is -1.00 e.